The zero-order valence-corrected chi connectivity index (χ0v) is 16.5. The second kappa shape index (κ2) is 7.78. The van der Waals surface area contributed by atoms with E-state index in [1.165, 1.54) is 19.2 Å². The number of methoxy groups -OCH3 is 1. The van der Waals surface area contributed by atoms with E-state index in [1.807, 2.05) is 0 Å². The average molecular weight is 424 g/mol. The van der Waals surface area contributed by atoms with Crippen LogP contribution < -0.4 is 20.1 Å². The molecule has 2 aromatic carbocycles. The van der Waals surface area contributed by atoms with E-state index in [0.29, 0.717) is 30.1 Å². The van der Waals surface area contributed by atoms with Gasteiger partial charge in [0.1, 0.15) is 10.6 Å². The number of carbonyl (C=O) groups is 2. The van der Waals surface area contributed by atoms with Crippen molar-refractivity contribution in [2.24, 2.45) is 5.14 Å². The molecule has 1 fully saturated rings. The minimum absolute atomic E-state index is 0.0202. The van der Waals surface area contributed by atoms with Crippen molar-refractivity contribution in [1.82, 2.24) is 0 Å². The molecule has 1 heterocycles. The van der Waals surface area contributed by atoms with Gasteiger partial charge in [-0.3, -0.25) is 9.59 Å². The molecule has 1 aliphatic heterocycles. The molecular formula is C18H18ClN3O5S. The lowest BCUT2D eigenvalue weighted by Gasteiger charge is -2.19. The van der Waals surface area contributed by atoms with Crippen LogP contribution >= 0.6 is 11.6 Å². The summed E-state index contributed by atoms with van der Waals surface area (Å²) in [7, 11) is -2.59. The second-order valence-corrected chi connectivity index (χ2v) is 8.12. The van der Waals surface area contributed by atoms with Gasteiger partial charge in [0.2, 0.25) is 15.9 Å². The number of nitrogens with zero attached hydrogens (tertiary/aromatic N) is 1. The first-order valence-electron chi connectivity index (χ1n) is 8.33. The van der Waals surface area contributed by atoms with Gasteiger partial charge in [0.05, 0.1) is 17.8 Å². The summed E-state index contributed by atoms with van der Waals surface area (Å²) < 4.78 is 28.5. The number of primary sulfonamides is 1. The number of benzene rings is 2. The van der Waals surface area contributed by atoms with Gasteiger partial charge in [0.25, 0.3) is 5.91 Å². The van der Waals surface area contributed by atoms with Crippen molar-refractivity contribution in [3.05, 3.63) is 47.0 Å². The normalized spacial score (nSPS) is 14.2. The van der Waals surface area contributed by atoms with Crippen molar-refractivity contribution < 1.29 is 22.7 Å². The van der Waals surface area contributed by atoms with Crippen LogP contribution in [0.1, 0.15) is 23.2 Å². The lowest BCUT2D eigenvalue weighted by atomic mass is 10.2. The van der Waals surface area contributed by atoms with Crippen LogP contribution in [0.15, 0.2) is 41.3 Å². The molecule has 0 aromatic heterocycles. The molecule has 0 saturated carbocycles. The topological polar surface area (TPSA) is 119 Å². The Morgan fingerprint density at radius 2 is 2.00 bits per heavy atom. The molecule has 8 nitrogen and oxygen atoms in total. The van der Waals surface area contributed by atoms with Crippen LogP contribution in [-0.4, -0.2) is 33.9 Å². The van der Waals surface area contributed by atoms with Crippen molar-refractivity contribution in [3.8, 4) is 5.75 Å². The van der Waals surface area contributed by atoms with E-state index in [1.54, 1.807) is 23.1 Å². The molecule has 3 N–H and O–H groups in total. The molecule has 2 aromatic rings. The highest BCUT2D eigenvalue weighted by Crippen LogP contribution is 2.34. The minimum Gasteiger partial charge on any atom is -0.494 e. The Labute approximate surface area is 167 Å². The Hall–Kier alpha value is -2.62. The highest BCUT2D eigenvalue weighted by atomic mass is 35.5. The van der Waals surface area contributed by atoms with E-state index in [9.17, 15) is 18.0 Å². The fourth-order valence-corrected chi connectivity index (χ4v) is 4.02. The largest absolute Gasteiger partial charge is 0.494 e. The molecule has 0 atom stereocenters. The second-order valence-electron chi connectivity index (χ2n) is 6.18. The molecule has 0 radical (unpaired) electrons. The Morgan fingerprint density at radius 3 is 2.61 bits per heavy atom. The van der Waals surface area contributed by atoms with Crippen molar-refractivity contribution in [2.45, 2.75) is 17.7 Å². The van der Waals surface area contributed by atoms with Crippen LogP contribution in [0, 0.1) is 0 Å². The number of halogens is 1. The van der Waals surface area contributed by atoms with Gasteiger partial charge in [-0.05, 0) is 36.8 Å². The van der Waals surface area contributed by atoms with Crippen molar-refractivity contribution in [1.29, 1.82) is 0 Å². The first-order chi connectivity index (χ1) is 13.2. The molecular weight excluding hydrogens is 406 g/mol. The van der Waals surface area contributed by atoms with Crippen molar-refractivity contribution in [3.63, 3.8) is 0 Å². The third-order valence-electron chi connectivity index (χ3n) is 4.30. The van der Waals surface area contributed by atoms with Gasteiger partial charge in [0.15, 0.2) is 0 Å². The molecule has 10 heteroatoms. The van der Waals surface area contributed by atoms with E-state index in [0.717, 1.165) is 12.5 Å². The fourth-order valence-electron chi connectivity index (χ4n) is 2.95. The zero-order chi connectivity index (χ0) is 20.5. The van der Waals surface area contributed by atoms with Gasteiger partial charge in [-0.1, -0.05) is 11.6 Å². The third-order valence-corrected chi connectivity index (χ3v) is 5.69. The molecule has 0 unspecified atom stereocenters. The average Bonchev–Trinajstić information content (AvgIpc) is 3.06. The Morgan fingerprint density at radius 1 is 1.25 bits per heavy atom. The molecule has 3 rings (SSSR count). The van der Waals surface area contributed by atoms with Crippen LogP contribution in [-0.2, 0) is 14.8 Å². The van der Waals surface area contributed by atoms with Gasteiger partial charge in [0, 0.05) is 30.3 Å². The number of ether oxygens (including phenoxy) is 1. The first kappa shape index (κ1) is 20.1. The first-order valence-corrected chi connectivity index (χ1v) is 10.3. The van der Waals surface area contributed by atoms with E-state index in [4.69, 9.17) is 21.5 Å². The van der Waals surface area contributed by atoms with E-state index in [2.05, 4.69) is 5.32 Å². The fraction of sp³-hybridized carbons (Fsp3) is 0.222. The van der Waals surface area contributed by atoms with E-state index in [-0.39, 0.29) is 21.4 Å². The predicted molar refractivity (Wildman–Crippen MR) is 105 cm³/mol. The molecule has 2 amide bonds. The lowest BCUT2D eigenvalue weighted by Crippen LogP contribution is -2.24. The maximum Gasteiger partial charge on any atom is 0.255 e. The van der Waals surface area contributed by atoms with Gasteiger partial charge >= 0.3 is 0 Å². The number of nitrogens with two attached hydrogens (primary N) is 1. The lowest BCUT2D eigenvalue weighted by molar-refractivity contribution is -0.117. The Bertz CT molecular complexity index is 1060. The van der Waals surface area contributed by atoms with Gasteiger partial charge in [-0.2, -0.15) is 0 Å². The Kier molecular flexibility index (Phi) is 5.59. The summed E-state index contributed by atoms with van der Waals surface area (Å²) in [6.07, 6.45) is 1.27. The number of hydrogen-bond acceptors (Lipinski definition) is 5. The SMILES string of the molecule is COc1cc(NC(=O)c2ccc(Cl)c(S(N)(=O)=O)c2)ccc1N1CCCC1=O. The number of nitrogens with one attached hydrogen (secondary N) is 1. The summed E-state index contributed by atoms with van der Waals surface area (Å²) in [6.45, 7) is 0.613. The number of rotatable bonds is 5. The molecule has 0 spiro atoms. The molecule has 148 valence electrons. The molecule has 1 saturated heterocycles. The van der Waals surface area contributed by atoms with Crippen LogP contribution in [0.5, 0.6) is 5.75 Å². The summed E-state index contributed by atoms with van der Waals surface area (Å²) in [5.41, 5.74) is 1.13. The summed E-state index contributed by atoms with van der Waals surface area (Å²) in [5.74, 6) is -0.0882. The molecule has 28 heavy (non-hydrogen) atoms. The maximum absolute atomic E-state index is 12.5. The smallest absolute Gasteiger partial charge is 0.255 e. The van der Waals surface area contributed by atoms with Crippen LogP contribution in [0.3, 0.4) is 0 Å². The van der Waals surface area contributed by atoms with E-state index < -0.39 is 15.9 Å². The standard InChI is InChI=1S/C18H18ClN3O5S/c1-27-15-10-12(5-7-14(15)22-8-2-3-17(22)23)21-18(24)11-4-6-13(19)16(9-11)28(20,25)26/h4-7,9-10H,2-3,8H2,1H3,(H,21,24)(H2,20,25,26). The predicted octanol–water partition coefficient (Wildman–Crippen LogP) is 2.38. The zero-order valence-electron chi connectivity index (χ0n) is 14.9. The van der Waals surface area contributed by atoms with Crippen LogP contribution in [0.2, 0.25) is 5.02 Å². The van der Waals surface area contributed by atoms with Crippen LogP contribution in [0.25, 0.3) is 0 Å². The number of sulfonamides is 1. The summed E-state index contributed by atoms with van der Waals surface area (Å²) in [6, 6.07) is 8.71. The van der Waals surface area contributed by atoms with Crippen molar-refractivity contribution in [2.75, 3.05) is 23.9 Å². The summed E-state index contributed by atoms with van der Waals surface area (Å²) in [5, 5.41) is 7.70. The molecule has 0 aliphatic carbocycles. The number of anilines is 2. The van der Waals surface area contributed by atoms with E-state index >= 15 is 0 Å². The number of hydrogen-bond donors (Lipinski definition) is 2. The van der Waals surface area contributed by atoms with Gasteiger partial charge in [-0.25, -0.2) is 13.6 Å². The quantitative estimate of drug-likeness (QED) is 0.765. The van der Waals surface area contributed by atoms with Crippen molar-refractivity contribution >= 4 is 44.8 Å². The minimum atomic E-state index is -4.06. The number of carbonyl (C=O) groups excluding carboxylic acids is 2. The summed E-state index contributed by atoms with van der Waals surface area (Å²) in [4.78, 5) is 25.8. The van der Waals surface area contributed by atoms with Gasteiger partial charge < -0.3 is 15.0 Å². The van der Waals surface area contributed by atoms with Crippen LogP contribution in [0.4, 0.5) is 11.4 Å². The number of amides is 2. The van der Waals surface area contributed by atoms with Gasteiger partial charge in [-0.15, -0.1) is 0 Å². The maximum atomic E-state index is 12.5. The highest BCUT2D eigenvalue weighted by molar-refractivity contribution is 7.89. The summed E-state index contributed by atoms with van der Waals surface area (Å²) >= 11 is 5.84. The monoisotopic (exact) mass is 423 g/mol. The third kappa shape index (κ3) is 4.11. The Balaban J connectivity index is 1.86. The highest BCUT2D eigenvalue weighted by Gasteiger charge is 2.24. The molecule has 0 bridgehead atoms. The molecule has 1 aliphatic rings.